The van der Waals surface area contributed by atoms with Gasteiger partial charge in [-0.2, -0.15) is 0 Å². The van der Waals surface area contributed by atoms with E-state index in [9.17, 15) is 0 Å². The highest BCUT2D eigenvalue weighted by atomic mass is 35.5. The molecule has 1 aromatic rings. The molecule has 2 atom stereocenters. The molecule has 0 amide bonds. The average molecular weight is 283 g/mol. The van der Waals surface area contributed by atoms with Gasteiger partial charge in [0.15, 0.2) is 5.17 Å². The molecule has 0 aromatic heterocycles. The summed E-state index contributed by atoms with van der Waals surface area (Å²) in [7, 11) is 0. The summed E-state index contributed by atoms with van der Waals surface area (Å²) in [5.74, 6) is 1.70. The van der Waals surface area contributed by atoms with Crippen molar-refractivity contribution < 1.29 is 0 Å². The van der Waals surface area contributed by atoms with Gasteiger partial charge >= 0.3 is 0 Å². The Morgan fingerprint density at radius 3 is 2.50 bits per heavy atom. The molecule has 0 fully saturated rings. The summed E-state index contributed by atoms with van der Waals surface area (Å²) in [5, 5.41) is 5.31. The Morgan fingerprint density at radius 1 is 1.28 bits per heavy atom. The van der Waals surface area contributed by atoms with Crippen molar-refractivity contribution in [3.8, 4) is 0 Å². The third-order valence-electron chi connectivity index (χ3n) is 3.15. The number of amidine groups is 1. The fraction of sp³-hybridized carbons (Fsp3) is 0.500. The van der Waals surface area contributed by atoms with E-state index >= 15 is 0 Å². The predicted molar refractivity (Wildman–Crippen MR) is 81.5 cm³/mol. The van der Waals surface area contributed by atoms with Crippen LogP contribution in [-0.4, -0.2) is 17.0 Å². The Bertz CT molecular complexity index is 428. The first-order valence-corrected chi connectivity index (χ1v) is 7.65. The van der Waals surface area contributed by atoms with Crippen LogP contribution in [0.5, 0.6) is 0 Å². The van der Waals surface area contributed by atoms with Crippen LogP contribution in [0.1, 0.15) is 32.4 Å². The van der Waals surface area contributed by atoms with Crippen LogP contribution in [0.15, 0.2) is 29.3 Å². The number of nitrogens with zero attached hydrogens (tertiary/aromatic N) is 1. The molecule has 2 rings (SSSR count). The second-order valence-electron chi connectivity index (χ2n) is 4.97. The van der Waals surface area contributed by atoms with Gasteiger partial charge in [0.25, 0.3) is 0 Å². The smallest absolute Gasteiger partial charge is 0.157 e. The molecule has 4 heteroatoms. The molecule has 98 valence electrons. The molecule has 1 aromatic carbocycles. The van der Waals surface area contributed by atoms with E-state index in [1.54, 1.807) is 0 Å². The van der Waals surface area contributed by atoms with E-state index in [2.05, 4.69) is 38.2 Å². The first-order valence-electron chi connectivity index (χ1n) is 6.29. The topological polar surface area (TPSA) is 24.4 Å². The highest BCUT2D eigenvalue weighted by Crippen LogP contribution is 2.24. The highest BCUT2D eigenvalue weighted by Gasteiger charge is 2.22. The molecule has 0 aliphatic carbocycles. The largest absolute Gasteiger partial charge is 0.358 e. The number of rotatable bonds is 3. The van der Waals surface area contributed by atoms with E-state index in [0.717, 1.165) is 15.9 Å². The van der Waals surface area contributed by atoms with Crippen LogP contribution in [0.25, 0.3) is 0 Å². The summed E-state index contributed by atoms with van der Waals surface area (Å²) in [5.41, 5.74) is 1.23. The van der Waals surface area contributed by atoms with Gasteiger partial charge in [0.1, 0.15) is 0 Å². The van der Waals surface area contributed by atoms with Gasteiger partial charge in [-0.1, -0.05) is 49.3 Å². The Labute approximate surface area is 118 Å². The van der Waals surface area contributed by atoms with E-state index in [1.807, 2.05) is 23.9 Å². The Kier molecular flexibility index (Phi) is 4.57. The van der Waals surface area contributed by atoms with E-state index < -0.39 is 0 Å². The lowest BCUT2D eigenvalue weighted by atomic mass is 10.1. The van der Waals surface area contributed by atoms with Crippen LogP contribution in [-0.2, 0) is 0 Å². The lowest BCUT2D eigenvalue weighted by molar-refractivity contribution is 0.541. The van der Waals surface area contributed by atoms with Crippen molar-refractivity contribution in [1.82, 2.24) is 5.32 Å². The zero-order valence-electron chi connectivity index (χ0n) is 11.0. The summed E-state index contributed by atoms with van der Waals surface area (Å²) in [4.78, 5) is 4.71. The highest BCUT2D eigenvalue weighted by molar-refractivity contribution is 8.14. The van der Waals surface area contributed by atoms with Crippen molar-refractivity contribution in [2.24, 2.45) is 10.9 Å². The number of hydrogen-bond acceptors (Lipinski definition) is 3. The van der Waals surface area contributed by atoms with E-state index in [1.165, 1.54) is 5.56 Å². The van der Waals surface area contributed by atoms with Gasteiger partial charge in [-0.15, -0.1) is 0 Å². The first-order chi connectivity index (χ1) is 8.56. The number of aliphatic imine (C=N–C) groups is 1. The molecular formula is C14H19ClN2S. The molecular weight excluding hydrogens is 264 g/mol. The van der Waals surface area contributed by atoms with E-state index in [-0.39, 0.29) is 6.04 Å². The summed E-state index contributed by atoms with van der Waals surface area (Å²) < 4.78 is 0. The minimum Gasteiger partial charge on any atom is -0.358 e. The van der Waals surface area contributed by atoms with Crippen LogP contribution < -0.4 is 5.32 Å². The van der Waals surface area contributed by atoms with Crippen molar-refractivity contribution in [2.45, 2.75) is 32.9 Å². The van der Waals surface area contributed by atoms with E-state index in [0.29, 0.717) is 12.0 Å². The molecule has 0 spiro atoms. The molecule has 2 nitrogen and oxygen atoms in total. The summed E-state index contributed by atoms with van der Waals surface area (Å²) in [6.07, 6.45) is 0. The molecule has 0 bridgehead atoms. The van der Waals surface area contributed by atoms with Crippen LogP contribution in [0, 0.1) is 5.92 Å². The van der Waals surface area contributed by atoms with Crippen LogP contribution >= 0.6 is 23.4 Å². The molecule has 2 unspecified atom stereocenters. The predicted octanol–water partition coefficient (Wildman–Crippen LogP) is 4.12. The lowest BCUT2D eigenvalue weighted by Crippen LogP contribution is -2.23. The number of hydrogen-bond donors (Lipinski definition) is 1. The second kappa shape index (κ2) is 5.98. The second-order valence-corrected chi connectivity index (χ2v) is 6.42. The average Bonchev–Trinajstić information content (AvgIpc) is 2.78. The maximum absolute atomic E-state index is 5.89. The fourth-order valence-corrected chi connectivity index (χ4v) is 3.21. The Morgan fingerprint density at radius 2 is 1.94 bits per heavy atom. The van der Waals surface area contributed by atoms with Gasteiger partial charge in [-0.25, -0.2) is 0 Å². The maximum Gasteiger partial charge on any atom is 0.157 e. The molecule has 1 heterocycles. The molecule has 0 saturated carbocycles. The summed E-state index contributed by atoms with van der Waals surface area (Å²) in [6, 6.07) is 8.68. The molecule has 0 saturated heterocycles. The van der Waals surface area contributed by atoms with Gasteiger partial charge in [-0.3, -0.25) is 4.99 Å². The zero-order valence-corrected chi connectivity index (χ0v) is 12.6. The minimum atomic E-state index is 0.263. The third-order valence-corrected chi connectivity index (χ3v) is 4.41. The van der Waals surface area contributed by atoms with Gasteiger partial charge in [0, 0.05) is 10.8 Å². The standard InChI is InChI=1S/C14H19ClN2S/c1-9(2)13-8-18-14(17-13)16-10(3)11-4-6-12(15)7-5-11/h4-7,9-10,13H,8H2,1-3H3,(H,16,17). The van der Waals surface area contributed by atoms with Crippen molar-refractivity contribution in [1.29, 1.82) is 0 Å². The van der Waals surface area contributed by atoms with Crippen molar-refractivity contribution >= 4 is 28.5 Å². The summed E-state index contributed by atoms with van der Waals surface area (Å²) >= 11 is 7.71. The maximum atomic E-state index is 5.89. The van der Waals surface area contributed by atoms with Gasteiger partial charge in [0.05, 0.1) is 12.1 Å². The van der Waals surface area contributed by atoms with Crippen molar-refractivity contribution in [3.63, 3.8) is 0 Å². The Balaban J connectivity index is 1.98. The molecule has 1 N–H and O–H groups in total. The fourth-order valence-electron chi connectivity index (χ4n) is 1.83. The lowest BCUT2D eigenvalue weighted by Gasteiger charge is -2.15. The zero-order chi connectivity index (χ0) is 13.1. The number of halogens is 1. The molecule has 18 heavy (non-hydrogen) atoms. The molecule has 0 radical (unpaired) electrons. The normalized spacial score (nSPS) is 20.9. The molecule has 1 aliphatic rings. The minimum absolute atomic E-state index is 0.263. The number of thioether (sulfide) groups is 1. The quantitative estimate of drug-likeness (QED) is 0.902. The Hall–Kier alpha value is -0.670. The van der Waals surface area contributed by atoms with Crippen LogP contribution in [0.4, 0.5) is 0 Å². The number of nitrogens with one attached hydrogen (secondary N) is 1. The van der Waals surface area contributed by atoms with Gasteiger partial charge < -0.3 is 5.32 Å². The van der Waals surface area contributed by atoms with Crippen molar-refractivity contribution in [2.75, 3.05) is 5.75 Å². The summed E-state index contributed by atoms with van der Waals surface area (Å²) in [6.45, 7) is 6.59. The van der Waals surface area contributed by atoms with E-state index in [4.69, 9.17) is 16.6 Å². The van der Waals surface area contributed by atoms with Crippen LogP contribution in [0.3, 0.4) is 0 Å². The van der Waals surface area contributed by atoms with Crippen molar-refractivity contribution in [3.05, 3.63) is 34.9 Å². The van der Waals surface area contributed by atoms with Gasteiger partial charge in [-0.05, 0) is 30.5 Å². The SMILES string of the molecule is CC(NC1=NC(C(C)C)CS1)c1ccc(Cl)cc1. The monoisotopic (exact) mass is 282 g/mol. The molecule has 1 aliphatic heterocycles. The van der Waals surface area contributed by atoms with Crippen LogP contribution in [0.2, 0.25) is 5.02 Å². The van der Waals surface area contributed by atoms with Gasteiger partial charge in [0.2, 0.25) is 0 Å². The third kappa shape index (κ3) is 3.42. The first kappa shape index (κ1) is 13.8. The number of benzene rings is 1.